The number of thiophene rings is 1. The fourth-order valence-corrected chi connectivity index (χ4v) is 4.12. The first kappa shape index (κ1) is 18.8. The Morgan fingerprint density at radius 1 is 1.27 bits per heavy atom. The van der Waals surface area contributed by atoms with Crippen LogP contribution in [0.4, 0.5) is 9.39 Å². The molecular weight excluding hydrogens is 375 g/mol. The summed E-state index contributed by atoms with van der Waals surface area (Å²) >= 11 is 7.47. The summed E-state index contributed by atoms with van der Waals surface area (Å²) in [6, 6.07) is 8.30. The zero-order valence-corrected chi connectivity index (χ0v) is 15.7. The van der Waals surface area contributed by atoms with Gasteiger partial charge in [-0.3, -0.25) is 4.79 Å². The van der Waals surface area contributed by atoms with E-state index in [9.17, 15) is 9.18 Å². The van der Waals surface area contributed by atoms with Crippen molar-refractivity contribution in [2.24, 2.45) is 0 Å². The van der Waals surface area contributed by atoms with Crippen LogP contribution in [0.3, 0.4) is 0 Å². The van der Waals surface area contributed by atoms with E-state index in [2.05, 4.69) is 11.4 Å². The SMILES string of the molecule is N#Cc1ccsc1NC(=O)C[NH+]1CC[NH+](Cc2ccc(F)cc2Cl)CC1. The molecule has 0 aliphatic carbocycles. The molecule has 0 atom stereocenters. The molecule has 136 valence electrons. The highest BCUT2D eigenvalue weighted by molar-refractivity contribution is 7.14. The van der Waals surface area contributed by atoms with Crippen molar-refractivity contribution in [2.75, 3.05) is 38.0 Å². The van der Waals surface area contributed by atoms with Gasteiger partial charge in [-0.25, -0.2) is 4.39 Å². The molecule has 3 rings (SSSR count). The van der Waals surface area contributed by atoms with Crippen molar-refractivity contribution in [3.8, 4) is 6.07 Å². The zero-order valence-electron chi connectivity index (χ0n) is 14.1. The number of piperazine rings is 1. The number of amides is 1. The predicted octanol–water partition coefficient (Wildman–Crippen LogP) is 0.334. The van der Waals surface area contributed by atoms with Crippen molar-refractivity contribution in [3.05, 3.63) is 51.6 Å². The third kappa shape index (κ3) is 4.80. The van der Waals surface area contributed by atoms with Gasteiger partial charge in [0.15, 0.2) is 6.54 Å². The maximum absolute atomic E-state index is 13.1. The second kappa shape index (κ2) is 8.60. The number of anilines is 1. The van der Waals surface area contributed by atoms with Gasteiger partial charge in [-0.05, 0) is 29.6 Å². The van der Waals surface area contributed by atoms with Crippen LogP contribution in [0, 0.1) is 17.1 Å². The minimum absolute atomic E-state index is 0.0658. The van der Waals surface area contributed by atoms with Crippen LogP contribution in [0.25, 0.3) is 0 Å². The van der Waals surface area contributed by atoms with Crippen molar-refractivity contribution in [1.29, 1.82) is 5.26 Å². The molecule has 26 heavy (non-hydrogen) atoms. The molecule has 1 amide bonds. The monoisotopic (exact) mass is 394 g/mol. The van der Waals surface area contributed by atoms with E-state index in [-0.39, 0.29) is 11.7 Å². The van der Waals surface area contributed by atoms with Gasteiger partial charge in [-0.1, -0.05) is 11.6 Å². The first-order valence-electron chi connectivity index (χ1n) is 8.43. The second-order valence-electron chi connectivity index (χ2n) is 6.41. The van der Waals surface area contributed by atoms with Crippen molar-refractivity contribution in [1.82, 2.24) is 0 Å². The molecule has 1 aromatic carbocycles. The van der Waals surface area contributed by atoms with E-state index in [1.807, 2.05) is 0 Å². The average Bonchev–Trinajstić information content (AvgIpc) is 3.06. The fraction of sp³-hybridized carbons (Fsp3) is 0.333. The molecule has 5 nitrogen and oxygen atoms in total. The average molecular weight is 395 g/mol. The summed E-state index contributed by atoms with van der Waals surface area (Å²) in [7, 11) is 0. The lowest BCUT2D eigenvalue weighted by Gasteiger charge is -2.29. The van der Waals surface area contributed by atoms with Gasteiger partial charge in [0.05, 0.1) is 10.6 Å². The molecule has 0 unspecified atom stereocenters. The standard InChI is InChI=1S/C18H18ClFN4OS/c19-16-9-15(20)2-1-14(16)11-23-4-6-24(7-5-23)12-17(25)22-18-13(10-21)3-8-26-18/h1-3,8-9H,4-7,11-12H2,(H,22,25)/p+2. The maximum Gasteiger partial charge on any atom is 0.280 e. The first-order chi connectivity index (χ1) is 12.5. The Hall–Kier alpha value is -1.98. The summed E-state index contributed by atoms with van der Waals surface area (Å²) in [5.74, 6) is -0.386. The largest absolute Gasteiger partial charge is 0.322 e. The molecule has 1 aliphatic rings. The van der Waals surface area contributed by atoms with Crippen LogP contribution in [0.2, 0.25) is 5.02 Å². The summed E-state index contributed by atoms with van der Waals surface area (Å²) in [4.78, 5) is 14.8. The Labute approximate surface area is 160 Å². The molecule has 8 heteroatoms. The van der Waals surface area contributed by atoms with Gasteiger partial charge in [0.2, 0.25) is 0 Å². The predicted molar refractivity (Wildman–Crippen MR) is 99.0 cm³/mol. The Morgan fingerprint density at radius 3 is 2.69 bits per heavy atom. The molecule has 0 saturated carbocycles. The summed E-state index contributed by atoms with van der Waals surface area (Å²) in [5.41, 5.74) is 1.45. The lowest BCUT2D eigenvalue weighted by atomic mass is 10.2. The number of hydrogen-bond acceptors (Lipinski definition) is 3. The number of nitrogens with one attached hydrogen (secondary N) is 3. The minimum atomic E-state index is -0.320. The fourth-order valence-electron chi connectivity index (χ4n) is 3.14. The van der Waals surface area contributed by atoms with Crippen molar-refractivity contribution in [2.45, 2.75) is 6.54 Å². The number of hydrogen-bond donors (Lipinski definition) is 3. The van der Waals surface area contributed by atoms with Gasteiger partial charge < -0.3 is 15.1 Å². The van der Waals surface area contributed by atoms with Crippen molar-refractivity contribution >= 4 is 33.8 Å². The van der Waals surface area contributed by atoms with Crippen molar-refractivity contribution in [3.63, 3.8) is 0 Å². The third-order valence-corrected chi connectivity index (χ3v) is 5.75. The van der Waals surface area contributed by atoms with E-state index >= 15 is 0 Å². The molecular formula is C18H20ClFN4OS+2. The number of quaternary nitrogens is 2. The Kier molecular flexibility index (Phi) is 6.22. The third-order valence-electron chi connectivity index (χ3n) is 4.57. The Balaban J connectivity index is 1.46. The molecule has 1 aromatic heterocycles. The van der Waals surface area contributed by atoms with E-state index in [0.717, 1.165) is 38.3 Å². The molecule has 3 N–H and O–H groups in total. The van der Waals surface area contributed by atoms with Crippen LogP contribution in [-0.2, 0) is 11.3 Å². The number of nitriles is 1. The van der Waals surface area contributed by atoms with Crippen LogP contribution in [0.1, 0.15) is 11.1 Å². The summed E-state index contributed by atoms with van der Waals surface area (Å²) in [6.45, 7) is 4.79. The first-order valence-corrected chi connectivity index (χ1v) is 9.69. The number of halogens is 2. The van der Waals surface area contributed by atoms with E-state index in [4.69, 9.17) is 16.9 Å². The quantitative estimate of drug-likeness (QED) is 0.684. The topological polar surface area (TPSA) is 61.8 Å². The van der Waals surface area contributed by atoms with Crippen LogP contribution in [-0.4, -0.2) is 38.6 Å². The van der Waals surface area contributed by atoms with Gasteiger partial charge >= 0.3 is 0 Å². The normalized spacial score (nSPS) is 19.7. The van der Waals surface area contributed by atoms with Gasteiger partial charge in [0.1, 0.15) is 49.6 Å². The number of rotatable bonds is 5. The van der Waals surface area contributed by atoms with E-state index in [0.29, 0.717) is 22.1 Å². The van der Waals surface area contributed by atoms with E-state index in [1.54, 1.807) is 17.5 Å². The number of carbonyl (C=O) groups excluding carboxylic acids is 1. The molecule has 1 fully saturated rings. The van der Waals surface area contributed by atoms with Crippen LogP contribution < -0.4 is 15.1 Å². The molecule has 0 radical (unpaired) electrons. The number of nitrogens with zero attached hydrogens (tertiary/aromatic N) is 1. The molecule has 2 heterocycles. The highest BCUT2D eigenvalue weighted by Crippen LogP contribution is 2.21. The van der Waals surface area contributed by atoms with Gasteiger partial charge in [-0.2, -0.15) is 5.26 Å². The summed E-state index contributed by atoms with van der Waals surface area (Å²) in [5, 5.41) is 14.7. The summed E-state index contributed by atoms with van der Waals surface area (Å²) in [6.07, 6.45) is 0. The molecule has 1 saturated heterocycles. The van der Waals surface area contributed by atoms with E-state index in [1.165, 1.54) is 33.3 Å². The smallest absolute Gasteiger partial charge is 0.280 e. The summed E-state index contributed by atoms with van der Waals surface area (Å²) < 4.78 is 13.1. The van der Waals surface area contributed by atoms with Crippen LogP contribution in [0.15, 0.2) is 29.6 Å². The van der Waals surface area contributed by atoms with Crippen molar-refractivity contribution < 1.29 is 19.0 Å². The number of benzene rings is 1. The molecule has 0 spiro atoms. The highest BCUT2D eigenvalue weighted by atomic mass is 35.5. The Bertz CT molecular complexity index is 827. The lowest BCUT2D eigenvalue weighted by Crippen LogP contribution is -3.28. The highest BCUT2D eigenvalue weighted by Gasteiger charge is 2.25. The second-order valence-corrected chi connectivity index (χ2v) is 7.74. The lowest BCUT2D eigenvalue weighted by molar-refractivity contribution is -1.02. The molecule has 2 aromatic rings. The maximum atomic E-state index is 13.1. The minimum Gasteiger partial charge on any atom is -0.322 e. The van der Waals surface area contributed by atoms with E-state index < -0.39 is 0 Å². The van der Waals surface area contributed by atoms with Gasteiger partial charge in [0, 0.05) is 5.56 Å². The molecule has 1 aliphatic heterocycles. The number of carbonyl (C=O) groups is 1. The zero-order chi connectivity index (χ0) is 18.5. The van der Waals surface area contributed by atoms with Crippen LogP contribution >= 0.6 is 22.9 Å². The Morgan fingerprint density at radius 2 is 2.00 bits per heavy atom. The van der Waals surface area contributed by atoms with Gasteiger partial charge in [0.25, 0.3) is 5.91 Å². The molecule has 0 bridgehead atoms. The van der Waals surface area contributed by atoms with Crippen LogP contribution in [0.5, 0.6) is 0 Å². The van der Waals surface area contributed by atoms with Gasteiger partial charge in [-0.15, -0.1) is 11.3 Å².